The molecule has 0 saturated carbocycles. The molecule has 1 amide bonds. The lowest BCUT2D eigenvalue weighted by Gasteiger charge is -2.10. The lowest BCUT2D eigenvalue weighted by Crippen LogP contribution is -2.32. The Morgan fingerprint density at radius 1 is 1.27 bits per heavy atom. The zero-order valence-corrected chi connectivity index (χ0v) is 13.4. The number of aryl methyl sites for hydroxylation is 1. The monoisotopic (exact) mass is 304 g/mol. The van der Waals surface area contributed by atoms with Gasteiger partial charge < -0.3 is 14.8 Å². The Kier molecular flexibility index (Phi) is 5.04. The van der Waals surface area contributed by atoms with Gasteiger partial charge in [-0.15, -0.1) is 0 Å². The van der Waals surface area contributed by atoms with Crippen molar-refractivity contribution in [2.45, 2.75) is 20.0 Å². The summed E-state index contributed by atoms with van der Waals surface area (Å²) in [6.45, 7) is 2.73. The van der Waals surface area contributed by atoms with E-state index in [0.717, 1.165) is 11.4 Å². The third-order valence-electron chi connectivity index (χ3n) is 3.65. The first-order valence-corrected chi connectivity index (χ1v) is 7.04. The zero-order valence-electron chi connectivity index (χ0n) is 13.4. The van der Waals surface area contributed by atoms with Gasteiger partial charge in [-0.3, -0.25) is 4.79 Å². The lowest BCUT2D eigenvalue weighted by molar-refractivity contribution is -0.677. The summed E-state index contributed by atoms with van der Waals surface area (Å²) in [7, 11) is 5.14. The molecule has 1 aromatic heterocycles. The number of benzene rings is 1. The predicted octanol–water partition coefficient (Wildman–Crippen LogP) is 0.955. The Morgan fingerprint density at radius 2 is 2.00 bits per heavy atom. The van der Waals surface area contributed by atoms with Gasteiger partial charge in [0.15, 0.2) is 18.0 Å². The largest absolute Gasteiger partial charge is 0.493 e. The minimum Gasteiger partial charge on any atom is -0.493 e. The van der Waals surface area contributed by atoms with Crippen molar-refractivity contribution >= 4 is 5.91 Å². The van der Waals surface area contributed by atoms with Crippen LogP contribution in [0.4, 0.5) is 0 Å². The number of imidazole rings is 1. The summed E-state index contributed by atoms with van der Waals surface area (Å²) < 4.78 is 14.3. The van der Waals surface area contributed by atoms with Crippen molar-refractivity contribution in [1.29, 1.82) is 0 Å². The smallest absolute Gasteiger partial charge is 0.262 e. The van der Waals surface area contributed by atoms with E-state index in [2.05, 4.69) is 5.32 Å². The van der Waals surface area contributed by atoms with E-state index in [9.17, 15) is 4.79 Å². The molecular weight excluding hydrogens is 282 g/mol. The number of hydrogen-bond acceptors (Lipinski definition) is 3. The summed E-state index contributed by atoms with van der Waals surface area (Å²) in [5.41, 5.74) is 0.959. The fraction of sp³-hybridized carbons (Fsp3) is 0.375. The second kappa shape index (κ2) is 6.98. The molecule has 0 bridgehead atoms. The number of rotatable bonds is 6. The molecule has 0 fully saturated rings. The van der Waals surface area contributed by atoms with Crippen molar-refractivity contribution in [1.82, 2.24) is 9.88 Å². The maximum Gasteiger partial charge on any atom is 0.262 e. The highest BCUT2D eigenvalue weighted by Gasteiger charge is 2.13. The molecular formula is C16H22N3O3+. The van der Waals surface area contributed by atoms with Crippen LogP contribution < -0.4 is 19.4 Å². The lowest BCUT2D eigenvalue weighted by atomic mass is 10.2. The average Bonchev–Trinajstić information content (AvgIpc) is 2.84. The quantitative estimate of drug-likeness (QED) is 0.809. The molecule has 6 heteroatoms. The fourth-order valence-corrected chi connectivity index (χ4v) is 2.17. The van der Waals surface area contributed by atoms with Crippen molar-refractivity contribution in [3.05, 3.63) is 42.0 Å². The number of amides is 1. The van der Waals surface area contributed by atoms with Gasteiger partial charge in [0.1, 0.15) is 12.4 Å². The molecule has 0 unspecified atom stereocenters. The molecule has 118 valence electrons. The van der Waals surface area contributed by atoms with Crippen molar-refractivity contribution in [3.8, 4) is 11.5 Å². The van der Waals surface area contributed by atoms with E-state index in [1.54, 1.807) is 14.2 Å². The summed E-state index contributed by atoms with van der Waals surface area (Å²) in [6, 6.07) is 5.60. The minimum atomic E-state index is -0.0333. The van der Waals surface area contributed by atoms with Gasteiger partial charge in [0, 0.05) is 13.5 Å². The first-order chi connectivity index (χ1) is 10.5. The van der Waals surface area contributed by atoms with E-state index >= 15 is 0 Å². The van der Waals surface area contributed by atoms with E-state index in [0.29, 0.717) is 24.6 Å². The maximum absolute atomic E-state index is 12.0. The van der Waals surface area contributed by atoms with E-state index in [1.165, 1.54) is 0 Å². The molecule has 22 heavy (non-hydrogen) atoms. The number of methoxy groups -OCH3 is 2. The number of hydrogen-bond donors (Lipinski definition) is 1. The van der Waals surface area contributed by atoms with Gasteiger partial charge in [-0.1, -0.05) is 6.07 Å². The van der Waals surface area contributed by atoms with Gasteiger partial charge in [-0.2, -0.15) is 0 Å². The van der Waals surface area contributed by atoms with Gasteiger partial charge in [-0.05, 0) is 17.7 Å². The Labute approximate surface area is 130 Å². The fourth-order valence-electron chi connectivity index (χ4n) is 2.17. The number of carbonyl (C=O) groups is 1. The predicted molar refractivity (Wildman–Crippen MR) is 81.7 cm³/mol. The third kappa shape index (κ3) is 3.58. The van der Waals surface area contributed by atoms with Gasteiger partial charge in [0.25, 0.3) is 11.7 Å². The Morgan fingerprint density at radius 3 is 2.59 bits per heavy atom. The number of nitrogens with zero attached hydrogens (tertiary/aromatic N) is 2. The third-order valence-corrected chi connectivity index (χ3v) is 3.65. The maximum atomic E-state index is 12.0. The van der Waals surface area contributed by atoms with Crippen molar-refractivity contribution in [3.63, 3.8) is 0 Å². The van der Waals surface area contributed by atoms with Crippen LogP contribution in [-0.2, 0) is 24.9 Å². The highest BCUT2D eigenvalue weighted by Crippen LogP contribution is 2.27. The molecule has 1 heterocycles. The normalized spacial score (nSPS) is 10.4. The first-order valence-electron chi connectivity index (χ1n) is 7.04. The first kappa shape index (κ1) is 15.9. The molecule has 0 aliphatic heterocycles. The Hall–Kier alpha value is -2.50. The SMILES string of the molecule is COc1ccc(CNC(=O)Cn2cc[n+](C)c2C)cc1OC. The molecule has 2 aromatic rings. The summed E-state index contributed by atoms with van der Waals surface area (Å²) in [5, 5.41) is 2.91. The molecule has 0 radical (unpaired) electrons. The van der Waals surface area contributed by atoms with Crippen molar-refractivity contribution in [2.24, 2.45) is 7.05 Å². The summed E-state index contributed by atoms with van der Waals surface area (Å²) in [4.78, 5) is 12.0. The van der Waals surface area contributed by atoms with E-state index in [4.69, 9.17) is 9.47 Å². The van der Waals surface area contributed by atoms with Crippen LogP contribution in [0.5, 0.6) is 11.5 Å². The topological polar surface area (TPSA) is 56.4 Å². The van der Waals surface area contributed by atoms with Crippen molar-refractivity contribution < 1.29 is 18.8 Å². The summed E-state index contributed by atoms with van der Waals surface area (Å²) in [6.07, 6.45) is 3.82. The second-order valence-electron chi connectivity index (χ2n) is 5.05. The number of carbonyl (C=O) groups excluding carboxylic acids is 1. The van der Waals surface area contributed by atoms with Crippen molar-refractivity contribution in [2.75, 3.05) is 14.2 Å². The van der Waals surface area contributed by atoms with Crippen LogP contribution in [0.15, 0.2) is 30.6 Å². The van der Waals surface area contributed by atoms with E-state index < -0.39 is 0 Å². The molecule has 2 rings (SSSR count). The van der Waals surface area contributed by atoms with Gasteiger partial charge in [0.05, 0.1) is 21.3 Å². The molecule has 0 saturated heterocycles. The van der Waals surface area contributed by atoms with E-state index in [1.807, 2.05) is 53.7 Å². The van der Waals surface area contributed by atoms with Crippen LogP contribution in [0, 0.1) is 6.92 Å². The van der Waals surface area contributed by atoms with Crippen LogP contribution in [0.1, 0.15) is 11.4 Å². The Bertz CT molecular complexity index is 665. The van der Waals surface area contributed by atoms with Gasteiger partial charge in [0.2, 0.25) is 0 Å². The molecule has 0 aliphatic rings. The summed E-state index contributed by atoms with van der Waals surface area (Å²) >= 11 is 0. The second-order valence-corrected chi connectivity index (χ2v) is 5.05. The molecule has 0 atom stereocenters. The highest BCUT2D eigenvalue weighted by atomic mass is 16.5. The van der Waals surface area contributed by atoms with Crippen LogP contribution in [0.3, 0.4) is 0 Å². The highest BCUT2D eigenvalue weighted by molar-refractivity contribution is 5.75. The zero-order chi connectivity index (χ0) is 16.1. The van der Waals surface area contributed by atoms with Crippen LogP contribution in [0.25, 0.3) is 0 Å². The number of aromatic nitrogens is 2. The molecule has 1 N–H and O–H groups in total. The summed E-state index contributed by atoms with van der Waals surface area (Å²) in [5.74, 6) is 2.32. The van der Waals surface area contributed by atoms with Crippen LogP contribution >= 0.6 is 0 Å². The van der Waals surface area contributed by atoms with Crippen LogP contribution in [-0.4, -0.2) is 24.7 Å². The number of nitrogens with one attached hydrogen (secondary N) is 1. The molecule has 1 aromatic carbocycles. The number of ether oxygens (including phenoxy) is 2. The van der Waals surface area contributed by atoms with Gasteiger partial charge in [-0.25, -0.2) is 9.13 Å². The van der Waals surface area contributed by atoms with Gasteiger partial charge >= 0.3 is 0 Å². The molecule has 6 nitrogen and oxygen atoms in total. The minimum absolute atomic E-state index is 0.0333. The molecule has 0 spiro atoms. The van der Waals surface area contributed by atoms with Crippen LogP contribution in [0.2, 0.25) is 0 Å². The Balaban J connectivity index is 1.95. The standard InChI is InChI=1S/C16H21N3O3/c1-12-18(2)7-8-19(12)11-16(20)17-10-13-5-6-14(21-3)15(9-13)22-4/h5-9H,10-11H2,1-4H3/p+1. The average molecular weight is 304 g/mol. The molecule has 0 aliphatic carbocycles. The van der Waals surface area contributed by atoms with E-state index in [-0.39, 0.29) is 5.91 Å².